The lowest BCUT2D eigenvalue weighted by Gasteiger charge is -2.07. The smallest absolute Gasteiger partial charge is 0.345 e. The van der Waals surface area contributed by atoms with Crippen molar-refractivity contribution in [2.75, 3.05) is 14.2 Å². The summed E-state index contributed by atoms with van der Waals surface area (Å²) in [5.41, 5.74) is 3.62. The lowest BCUT2D eigenvalue weighted by atomic mass is 10.0. The van der Waals surface area contributed by atoms with Crippen molar-refractivity contribution in [3.05, 3.63) is 58.7 Å². The predicted octanol–water partition coefficient (Wildman–Crippen LogP) is 3.37. The van der Waals surface area contributed by atoms with Crippen LogP contribution in [0.5, 0.6) is 0 Å². The molecule has 4 heteroatoms. The summed E-state index contributed by atoms with van der Waals surface area (Å²) in [5, 5.41) is 0. The molecule has 0 radical (unpaired) electrons. The quantitative estimate of drug-likeness (QED) is 0.350. The number of rotatable bonds is 6. The highest BCUT2D eigenvalue weighted by atomic mass is 16.5. The molecule has 1 aromatic carbocycles. The number of ether oxygens (including phenoxy) is 2. The summed E-state index contributed by atoms with van der Waals surface area (Å²) >= 11 is 0. The highest BCUT2D eigenvalue weighted by Crippen LogP contribution is 2.31. The molecule has 1 aromatic rings. The monoisotopic (exact) mass is 314 g/mol. The van der Waals surface area contributed by atoms with Crippen molar-refractivity contribution in [1.82, 2.24) is 0 Å². The second kappa shape index (κ2) is 8.32. The Labute approximate surface area is 136 Å². The van der Waals surface area contributed by atoms with Crippen molar-refractivity contribution >= 4 is 11.9 Å². The Morgan fingerprint density at radius 3 is 2.26 bits per heavy atom. The average Bonchev–Trinajstić information content (AvgIpc) is 3.04. The first kappa shape index (κ1) is 17.0. The van der Waals surface area contributed by atoms with Crippen molar-refractivity contribution in [1.29, 1.82) is 0 Å². The molecule has 2 rings (SSSR count). The molecule has 122 valence electrons. The molecule has 0 aromatic heterocycles. The van der Waals surface area contributed by atoms with Crippen LogP contribution in [0.3, 0.4) is 0 Å². The Balaban J connectivity index is 2.18. The van der Waals surface area contributed by atoms with Gasteiger partial charge in [0.05, 0.1) is 14.2 Å². The van der Waals surface area contributed by atoms with Crippen molar-refractivity contribution in [2.45, 2.75) is 32.1 Å². The molecule has 4 nitrogen and oxygen atoms in total. The summed E-state index contributed by atoms with van der Waals surface area (Å²) in [4.78, 5) is 23.5. The number of benzene rings is 1. The molecule has 0 heterocycles. The van der Waals surface area contributed by atoms with Gasteiger partial charge in [-0.15, -0.1) is 0 Å². The van der Waals surface area contributed by atoms with E-state index in [0.717, 1.165) is 37.7 Å². The molecule has 1 aliphatic carbocycles. The SMILES string of the molecule is COC(=O)C(=CC1=C(CCc2ccccc2)CCC1)C(=O)OC. The van der Waals surface area contributed by atoms with Crippen LogP contribution >= 0.6 is 0 Å². The van der Waals surface area contributed by atoms with Crippen LogP contribution in [0, 0.1) is 0 Å². The van der Waals surface area contributed by atoms with Gasteiger partial charge < -0.3 is 9.47 Å². The van der Waals surface area contributed by atoms with Crippen LogP contribution in [0.4, 0.5) is 0 Å². The minimum absolute atomic E-state index is 0.0379. The molecule has 0 bridgehead atoms. The fourth-order valence-electron chi connectivity index (χ4n) is 2.82. The summed E-state index contributed by atoms with van der Waals surface area (Å²) in [7, 11) is 2.52. The van der Waals surface area contributed by atoms with E-state index in [1.165, 1.54) is 25.4 Å². The van der Waals surface area contributed by atoms with Gasteiger partial charge in [-0.2, -0.15) is 0 Å². The number of esters is 2. The Bertz CT molecular complexity index is 608. The topological polar surface area (TPSA) is 52.6 Å². The maximum absolute atomic E-state index is 11.8. The molecule has 0 saturated carbocycles. The predicted molar refractivity (Wildman–Crippen MR) is 87.8 cm³/mol. The van der Waals surface area contributed by atoms with Crippen LogP contribution in [0.2, 0.25) is 0 Å². The molecule has 0 unspecified atom stereocenters. The van der Waals surface area contributed by atoms with Crippen LogP contribution in [0.15, 0.2) is 53.1 Å². The maximum Gasteiger partial charge on any atom is 0.345 e. The largest absolute Gasteiger partial charge is 0.465 e. The van der Waals surface area contributed by atoms with E-state index in [1.807, 2.05) is 18.2 Å². The Morgan fingerprint density at radius 1 is 1.00 bits per heavy atom. The van der Waals surface area contributed by atoms with Gasteiger partial charge in [0.2, 0.25) is 0 Å². The number of allylic oxidation sites excluding steroid dienone is 3. The van der Waals surface area contributed by atoms with Crippen LogP contribution in [-0.4, -0.2) is 26.2 Å². The fourth-order valence-corrected chi connectivity index (χ4v) is 2.82. The number of hydrogen-bond donors (Lipinski definition) is 0. The molecule has 0 amide bonds. The van der Waals surface area contributed by atoms with E-state index < -0.39 is 11.9 Å². The van der Waals surface area contributed by atoms with Gasteiger partial charge in [0, 0.05) is 0 Å². The van der Waals surface area contributed by atoms with Gasteiger partial charge in [0.25, 0.3) is 0 Å². The van der Waals surface area contributed by atoms with E-state index in [2.05, 4.69) is 21.6 Å². The third-order valence-electron chi connectivity index (χ3n) is 4.07. The molecule has 0 spiro atoms. The fraction of sp³-hybridized carbons (Fsp3) is 0.368. The van der Waals surface area contributed by atoms with Crippen molar-refractivity contribution < 1.29 is 19.1 Å². The highest BCUT2D eigenvalue weighted by molar-refractivity contribution is 6.14. The van der Waals surface area contributed by atoms with E-state index in [1.54, 1.807) is 6.08 Å². The first-order valence-electron chi connectivity index (χ1n) is 7.79. The van der Waals surface area contributed by atoms with Crippen LogP contribution in [0.25, 0.3) is 0 Å². The van der Waals surface area contributed by atoms with E-state index in [4.69, 9.17) is 0 Å². The van der Waals surface area contributed by atoms with Crippen LogP contribution in [-0.2, 0) is 25.5 Å². The van der Waals surface area contributed by atoms with Gasteiger partial charge in [-0.1, -0.05) is 35.9 Å². The van der Waals surface area contributed by atoms with Crippen LogP contribution < -0.4 is 0 Å². The van der Waals surface area contributed by atoms with Gasteiger partial charge in [-0.3, -0.25) is 0 Å². The lowest BCUT2D eigenvalue weighted by molar-refractivity contribution is -0.144. The van der Waals surface area contributed by atoms with E-state index in [0.29, 0.717) is 0 Å². The molecule has 0 saturated heterocycles. The molecule has 0 N–H and O–H groups in total. The molecule has 1 aliphatic rings. The molecule has 0 aliphatic heterocycles. The molecular weight excluding hydrogens is 292 g/mol. The standard InChI is InChI=1S/C19H22O4/c1-22-18(20)17(19(21)23-2)13-16-10-6-9-15(16)12-11-14-7-4-3-5-8-14/h3-5,7-8,13H,6,9-12H2,1-2H3. The number of carbonyl (C=O) groups is 2. The number of hydrogen-bond acceptors (Lipinski definition) is 4. The summed E-state index contributed by atoms with van der Waals surface area (Å²) in [6.07, 6.45) is 6.47. The lowest BCUT2D eigenvalue weighted by Crippen LogP contribution is -2.16. The second-order valence-electron chi connectivity index (χ2n) is 5.51. The Kier molecular flexibility index (Phi) is 6.15. The van der Waals surface area contributed by atoms with Crippen molar-refractivity contribution in [3.8, 4) is 0 Å². The number of carbonyl (C=O) groups excluding carboxylic acids is 2. The van der Waals surface area contributed by atoms with Crippen LogP contribution in [0.1, 0.15) is 31.2 Å². The first-order chi connectivity index (χ1) is 11.2. The number of aryl methyl sites for hydroxylation is 1. The minimum Gasteiger partial charge on any atom is -0.465 e. The molecule has 23 heavy (non-hydrogen) atoms. The van der Waals surface area contributed by atoms with E-state index in [-0.39, 0.29) is 5.57 Å². The van der Waals surface area contributed by atoms with Gasteiger partial charge in [0.1, 0.15) is 5.57 Å². The average molecular weight is 314 g/mol. The normalized spacial score (nSPS) is 13.7. The minimum atomic E-state index is -0.654. The van der Waals surface area contributed by atoms with Gasteiger partial charge in [-0.25, -0.2) is 9.59 Å². The zero-order valence-corrected chi connectivity index (χ0v) is 13.6. The van der Waals surface area contributed by atoms with Gasteiger partial charge >= 0.3 is 11.9 Å². The second-order valence-corrected chi connectivity index (χ2v) is 5.51. The Hall–Kier alpha value is -2.36. The third-order valence-corrected chi connectivity index (χ3v) is 4.07. The third kappa shape index (κ3) is 4.55. The summed E-state index contributed by atoms with van der Waals surface area (Å²) in [5.74, 6) is -1.31. The molecule has 0 atom stereocenters. The van der Waals surface area contributed by atoms with E-state index >= 15 is 0 Å². The molecular formula is C19H22O4. The summed E-state index contributed by atoms with van der Waals surface area (Å²) in [6.45, 7) is 0. The van der Waals surface area contributed by atoms with E-state index in [9.17, 15) is 9.59 Å². The number of methoxy groups -OCH3 is 2. The Morgan fingerprint density at radius 2 is 1.65 bits per heavy atom. The zero-order chi connectivity index (χ0) is 16.7. The summed E-state index contributed by atoms with van der Waals surface area (Å²) in [6, 6.07) is 10.3. The molecule has 0 fully saturated rings. The van der Waals surface area contributed by atoms with Gasteiger partial charge in [0.15, 0.2) is 0 Å². The highest BCUT2D eigenvalue weighted by Gasteiger charge is 2.22. The van der Waals surface area contributed by atoms with Gasteiger partial charge in [-0.05, 0) is 49.3 Å². The summed E-state index contributed by atoms with van der Waals surface area (Å²) < 4.78 is 9.36. The zero-order valence-electron chi connectivity index (χ0n) is 13.6. The maximum atomic E-state index is 11.8. The first-order valence-corrected chi connectivity index (χ1v) is 7.79. The van der Waals surface area contributed by atoms with Crippen molar-refractivity contribution in [2.24, 2.45) is 0 Å². The van der Waals surface area contributed by atoms with Crippen molar-refractivity contribution in [3.63, 3.8) is 0 Å².